The Morgan fingerprint density at radius 1 is 0.195 bits per heavy atom. The summed E-state index contributed by atoms with van der Waals surface area (Å²) < 4.78 is 53.6. The first-order valence-corrected chi connectivity index (χ1v) is 43.4. The molecule has 600 valence electrons. The van der Waals surface area contributed by atoms with E-state index in [0.29, 0.717) is 98.7 Å². The Morgan fingerprint density at radius 3 is 0.513 bits per heavy atom. The van der Waals surface area contributed by atoms with Crippen molar-refractivity contribution >= 4 is 87.2 Å². The molecular formula is C96H120FeN8O8. The third-order valence-corrected chi connectivity index (χ3v) is 21.8. The van der Waals surface area contributed by atoms with Crippen LogP contribution in [-0.2, 0) is 17.1 Å². The first kappa shape index (κ1) is 83.5. The number of hydrogen-bond acceptors (Lipinski definition) is 14. The van der Waals surface area contributed by atoms with Crippen molar-refractivity contribution in [2.45, 2.75) is 261 Å². The SMILES string of the molecule is CCCCCCOc1cc2cc3c(cc2cc1OCCCCCC)-c1nc-3nc2[n-]c(nc3nc(nc4[n-]c(n1)c1cc5cc(OCCCCCC)c(OCCCCCC)cc5cc41)-c1cc4cc(OCCCCCC)c(OCCCCCC)cc4cc1-3)c1cc3cc(OCCCCCC)c(OCCCCCC)cc3cc21.[Fe+2]. The van der Waals surface area contributed by atoms with Crippen molar-refractivity contribution < 1.29 is 55.0 Å². The number of ether oxygens (including phenoxy) is 8. The van der Waals surface area contributed by atoms with Gasteiger partial charge in [0.2, 0.25) is 0 Å². The van der Waals surface area contributed by atoms with Crippen LogP contribution in [0.5, 0.6) is 46.0 Å². The third kappa shape index (κ3) is 21.2. The minimum absolute atomic E-state index is 0. The standard InChI is InChI=1S/C96H120N8O8.Fe/c1-9-17-25-33-41-105-81-57-65-49-73-74(50-66(65)58-82(81)106-42-34-26-18-10-2)90-97-89(73)101-91-75-51-67-59-83(107-43-35-27-19-11-3)84(108-44-36-28-20-12-4)60-68(67)52-76(75)93(98-91)103-95-79-55-71-63-87(111-47-39-31-23-15-7)88(112-48-40-32-24-16-8)64-72(71)56-80(79)96(100-95)104-94-78-54-70-62-86(110-46-38-30-22-14-6)85(109-45-37-29-21-13-5)61-69(70)53-77(78)92(99-94)102-90;/h49-64H,9-48H2,1-8H3;/q-2;+2. The molecule has 8 bridgehead atoms. The van der Waals surface area contributed by atoms with Gasteiger partial charge in [-0.1, -0.05) is 209 Å². The summed E-state index contributed by atoms with van der Waals surface area (Å²) in [5, 5.41) is 10.8. The normalized spacial score (nSPS) is 11.8. The molecule has 0 atom stereocenters. The zero-order valence-corrected chi connectivity index (χ0v) is 69.8. The Bertz CT molecular complexity index is 4530. The van der Waals surface area contributed by atoms with Crippen LogP contribution >= 0.6 is 0 Å². The van der Waals surface area contributed by atoms with Crippen LogP contribution in [0.3, 0.4) is 0 Å². The zero-order valence-electron chi connectivity index (χ0n) is 68.7. The van der Waals surface area contributed by atoms with Crippen LogP contribution < -0.4 is 47.9 Å². The molecule has 0 saturated heterocycles. The minimum Gasteiger partial charge on any atom is -0.490 e. The molecular weight excluding hydrogens is 1450 g/mol. The fraction of sp³-hybridized carbons (Fsp3) is 0.500. The first-order valence-electron chi connectivity index (χ1n) is 43.4. The Morgan fingerprint density at radius 2 is 0.354 bits per heavy atom. The summed E-state index contributed by atoms with van der Waals surface area (Å²) in [7, 11) is 0. The zero-order chi connectivity index (χ0) is 77.4. The van der Waals surface area contributed by atoms with E-state index in [0.717, 1.165) is 338 Å². The van der Waals surface area contributed by atoms with Gasteiger partial charge in [-0.2, -0.15) is 0 Å². The molecule has 8 aromatic carbocycles. The summed E-state index contributed by atoms with van der Waals surface area (Å²) >= 11 is 0. The Balaban J connectivity index is 0.0000118. The van der Waals surface area contributed by atoms with E-state index in [9.17, 15) is 0 Å². The van der Waals surface area contributed by atoms with E-state index in [2.05, 4.69) is 152 Å². The molecule has 0 N–H and O–H groups in total. The van der Waals surface area contributed by atoms with Crippen molar-refractivity contribution in [2.24, 2.45) is 0 Å². The minimum atomic E-state index is 0. The smallest absolute Gasteiger partial charge is 0.490 e. The second-order valence-electron chi connectivity index (χ2n) is 30.9. The van der Waals surface area contributed by atoms with Crippen LogP contribution in [0.2, 0.25) is 0 Å². The molecule has 3 aromatic heterocycles. The number of benzene rings is 8. The van der Waals surface area contributed by atoms with Crippen molar-refractivity contribution in [1.29, 1.82) is 0 Å². The Labute approximate surface area is 680 Å². The second-order valence-corrected chi connectivity index (χ2v) is 30.9. The molecule has 0 radical (unpaired) electrons. The topological polar surface area (TPSA) is 179 Å². The molecule has 0 amide bonds. The quantitative estimate of drug-likeness (QED) is 0.0259. The maximum Gasteiger partial charge on any atom is 2.00 e. The predicted molar refractivity (Wildman–Crippen MR) is 461 cm³/mol. The van der Waals surface area contributed by atoms with E-state index >= 15 is 0 Å². The number of nitrogens with zero attached hydrogens (tertiary/aromatic N) is 8. The van der Waals surface area contributed by atoms with Crippen LogP contribution in [0.4, 0.5) is 0 Å². The van der Waals surface area contributed by atoms with E-state index in [4.69, 9.17) is 77.8 Å². The predicted octanol–water partition coefficient (Wildman–Crippen LogP) is 26.4. The summed E-state index contributed by atoms with van der Waals surface area (Å²) in [5.41, 5.74) is 4.94. The van der Waals surface area contributed by atoms with Gasteiger partial charge < -0.3 is 67.8 Å². The van der Waals surface area contributed by atoms with E-state index in [1.165, 1.54) is 0 Å². The van der Waals surface area contributed by atoms with Gasteiger partial charge >= 0.3 is 17.1 Å². The summed E-state index contributed by atoms with van der Waals surface area (Å²) in [4.78, 5) is 44.6. The molecule has 5 heterocycles. The van der Waals surface area contributed by atoms with Crippen molar-refractivity contribution in [3.63, 3.8) is 0 Å². The van der Waals surface area contributed by atoms with Gasteiger partial charge in [-0.05, 0) is 213 Å². The Hall–Kier alpha value is -8.92. The van der Waals surface area contributed by atoms with Gasteiger partial charge in [0.05, 0.1) is 76.2 Å². The molecule has 0 spiro atoms. The Kier molecular flexibility index (Phi) is 31.4. The summed E-state index contributed by atoms with van der Waals surface area (Å²) in [6, 6.07) is 34.4. The van der Waals surface area contributed by atoms with Crippen molar-refractivity contribution in [3.05, 3.63) is 97.1 Å². The second kappa shape index (κ2) is 42.4. The van der Waals surface area contributed by atoms with Crippen LogP contribution in [-0.4, -0.2) is 82.8 Å². The summed E-state index contributed by atoms with van der Waals surface area (Å²) in [6.45, 7) is 22.6. The molecule has 0 fully saturated rings. The van der Waals surface area contributed by atoms with Crippen LogP contribution in [0.15, 0.2) is 97.1 Å². The summed E-state index contributed by atoms with van der Waals surface area (Å²) in [5.74, 6) is 7.55. The van der Waals surface area contributed by atoms with Gasteiger partial charge in [0.25, 0.3) is 0 Å². The molecule has 2 aliphatic rings. The van der Waals surface area contributed by atoms with Crippen molar-refractivity contribution in [1.82, 2.24) is 39.9 Å². The summed E-state index contributed by atoms with van der Waals surface area (Å²) in [6.07, 6.45) is 34.8. The van der Waals surface area contributed by atoms with Crippen LogP contribution in [0.1, 0.15) is 261 Å². The monoisotopic (exact) mass is 1570 g/mol. The average Bonchev–Trinajstić information content (AvgIpc) is 1.61. The first-order chi connectivity index (χ1) is 55.2. The molecule has 13 rings (SSSR count). The van der Waals surface area contributed by atoms with Gasteiger partial charge in [0, 0.05) is 44.8 Å². The average molecular weight is 1570 g/mol. The maximum atomic E-state index is 6.70. The number of aromatic nitrogens is 8. The van der Waals surface area contributed by atoms with Crippen LogP contribution in [0, 0.1) is 0 Å². The molecule has 2 aliphatic heterocycles. The third-order valence-electron chi connectivity index (χ3n) is 21.8. The number of hydrogen-bond donors (Lipinski definition) is 0. The number of fused-ring (bicyclic) bond motifs is 24. The van der Waals surface area contributed by atoms with Gasteiger partial charge in [0.15, 0.2) is 46.0 Å². The van der Waals surface area contributed by atoms with Gasteiger partial charge in [-0.3, -0.25) is 0 Å². The van der Waals surface area contributed by atoms with Gasteiger partial charge in [-0.15, -0.1) is 0 Å². The number of rotatable bonds is 48. The largest absolute Gasteiger partial charge is 2.00 e. The van der Waals surface area contributed by atoms with Gasteiger partial charge in [-0.25, -0.2) is 9.97 Å². The van der Waals surface area contributed by atoms with E-state index < -0.39 is 0 Å². The van der Waals surface area contributed by atoms with E-state index in [-0.39, 0.29) is 17.1 Å². The molecule has 0 saturated carbocycles. The van der Waals surface area contributed by atoms with Crippen molar-refractivity contribution in [3.8, 4) is 91.5 Å². The molecule has 0 aliphatic carbocycles. The van der Waals surface area contributed by atoms with E-state index in [1.54, 1.807) is 0 Å². The maximum absolute atomic E-state index is 6.70. The van der Waals surface area contributed by atoms with Gasteiger partial charge in [0.1, 0.15) is 0 Å². The molecule has 113 heavy (non-hydrogen) atoms. The van der Waals surface area contributed by atoms with E-state index in [1.807, 2.05) is 0 Å². The fourth-order valence-corrected chi connectivity index (χ4v) is 15.3. The number of unbranched alkanes of at least 4 members (excludes halogenated alkanes) is 24. The molecule has 11 aromatic rings. The van der Waals surface area contributed by atoms with Crippen LogP contribution in [0.25, 0.3) is 133 Å². The van der Waals surface area contributed by atoms with Crippen molar-refractivity contribution in [2.75, 3.05) is 52.9 Å². The molecule has 0 unspecified atom stereocenters. The molecule has 16 nitrogen and oxygen atoms in total. The fourth-order valence-electron chi connectivity index (χ4n) is 15.3. The molecule has 17 heteroatoms.